The third-order valence-electron chi connectivity index (χ3n) is 4.09. The second-order valence-electron chi connectivity index (χ2n) is 6.83. The van der Waals surface area contributed by atoms with Crippen molar-refractivity contribution in [2.75, 3.05) is 32.7 Å². The molecule has 160 valence electrons. The van der Waals surface area contributed by atoms with E-state index in [4.69, 9.17) is 9.47 Å². The molecule has 2 aromatic rings. The lowest BCUT2D eigenvalue weighted by atomic mass is 10.1. The van der Waals surface area contributed by atoms with Crippen molar-refractivity contribution in [1.29, 1.82) is 0 Å². The summed E-state index contributed by atoms with van der Waals surface area (Å²) in [4.78, 5) is 36.4. The van der Waals surface area contributed by atoms with Gasteiger partial charge in [-0.15, -0.1) is 0 Å². The van der Waals surface area contributed by atoms with Crippen LogP contribution in [0.4, 0.5) is 5.69 Å². The van der Waals surface area contributed by atoms with E-state index in [1.165, 1.54) is 32.4 Å². The summed E-state index contributed by atoms with van der Waals surface area (Å²) < 4.78 is 15.1. The minimum absolute atomic E-state index is 0.260. The predicted octanol–water partition coefficient (Wildman–Crippen LogP) is 2.89. The minimum Gasteiger partial charge on any atom is -0.493 e. The standard InChI is InChI=1S/C22H26N2O6/c1-14(2)12-23-22(27)16-7-5-6-8-17(16)24-21(26)15-9-10-18(19(11-15)28-3)30-13-20(25)29-4/h5-11,14H,12-13H2,1-4H3,(H,23,27)(H,24,26). The number of carbonyl (C=O) groups excluding carboxylic acids is 3. The molecule has 0 radical (unpaired) electrons. The van der Waals surface area contributed by atoms with E-state index in [1.807, 2.05) is 13.8 Å². The quantitative estimate of drug-likeness (QED) is 0.612. The number of para-hydroxylation sites is 1. The van der Waals surface area contributed by atoms with E-state index in [-0.39, 0.29) is 18.3 Å². The van der Waals surface area contributed by atoms with Gasteiger partial charge in [0.25, 0.3) is 11.8 Å². The number of hydrogen-bond acceptors (Lipinski definition) is 6. The highest BCUT2D eigenvalue weighted by Gasteiger charge is 2.16. The summed E-state index contributed by atoms with van der Waals surface area (Å²) in [6.07, 6.45) is 0. The van der Waals surface area contributed by atoms with Crippen LogP contribution in [-0.2, 0) is 9.53 Å². The molecule has 0 aromatic heterocycles. The highest BCUT2D eigenvalue weighted by molar-refractivity contribution is 6.09. The first-order valence-electron chi connectivity index (χ1n) is 9.42. The van der Waals surface area contributed by atoms with E-state index in [2.05, 4.69) is 15.4 Å². The van der Waals surface area contributed by atoms with Gasteiger partial charge in [0.2, 0.25) is 0 Å². The first-order valence-corrected chi connectivity index (χ1v) is 9.42. The highest BCUT2D eigenvalue weighted by atomic mass is 16.6. The fourth-order valence-corrected chi connectivity index (χ4v) is 2.50. The van der Waals surface area contributed by atoms with Crippen molar-refractivity contribution in [3.05, 3.63) is 53.6 Å². The summed E-state index contributed by atoms with van der Waals surface area (Å²) in [7, 11) is 2.69. The number of carbonyl (C=O) groups is 3. The summed E-state index contributed by atoms with van der Waals surface area (Å²) in [5.74, 6) is -0.322. The van der Waals surface area contributed by atoms with Gasteiger partial charge in [0.05, 0.1) is 25.5 Å². The average Bonchev–Trinajstić information content (AvgIpc) is 2.75. The van der Waals surface area contributed by atoms with E-state index in [0.29, 0.717) is 35.0 Å². The molecule has 0 spiro atoms. The topological polar surface area (TPSA) is 103 Å². The van der Waals surface area contributed by atoms with Crippen molar-refractivity contribution >= 4 is 23.5 Å². The van der Waals surface area contributed by atoms with Crippen molar-refractivity contribution in [2.45, 2.75) is 13.8 Å². The lowest BCUT2D eigenvalue weighted by Gasteiger charge is -2.14. The number of ether oxygens (including phenoxy) is 3. The van der Waals surface area contributed by atoms with Crippen molar-refractivity contribution in [3.63, 3.8) is 0 Å². The summed E-state index contributed by atoms with van der Waals surface area (Å²) >= 11 is 0. The summed E-state index contributed by atoms with van der Waals surface area (Å²) in [5, 5.41) is 5.60. The van der Waals surface area contributed by atoms with Crippen LogP contribution < -0.4 is 20.1 Å². The maximum absolute atomic E-state index is 12.7. The molecule has 0 atom stereocenters. The molecule has 2 amide bonds. The number of methoxy groups -OCH3 is 2. The van der Waals surface area contributed by atoms with Crippen molar-refractivity contribution < 1.29 is 28.6 Å². The zero-order valence-corrected chi connectivity index (χ0v) is 17.5. The van der Waals surface area contributed by atoms with Gasteiger partial charge in [-0.25, -0.2) is 4.79 Å². The molecular weight excluding hydrogens is 388 g/mol. The third kappa shape index (κ3) is 6.23. The van der Waals surface area contributed by atoms with Gasteiger partial charge in [0.1, 0.15) is 0 Å². The molecule has 0 saturated carbocycles. The highest BCUT2D eigenvalue weighted by Crippen LogP contribution is 2.28. The Morgan fingerprint density at radius 1 is 0.967 bits per heavy atom. The molecule has 8 nitrogen and oxygen atoms in total. The zero-order valence-electron chi connectivity index (χ0n) is 17.5. The molecule has 2 N–H and O–H groups in total. The number of amides is 2. The van der Waals surface area contributed by atoms with Crippen molar-refractivity contribution in [3.8, 4) is 11.5 Å². The van der Waals surface area contributed by atoms with Gasteiger partial charge >= 0.3 is 5.97 Å². The average molecular weight is 414 g/mol. The summed E-state index contributed by atoms with van der Waals surface area (Å²) in [6.45, 7) is 4.25. The Morgan fingerprint density at radius 3 is 2.37 bits per heavy atom. The smallest absolute Gasteiger partial charge is 0.343 e. The lowest BCUT2D eigenvalue weighted by Crippen LogP contribution is -2.28. The maximum Gasteiger partial charge on any atom is 0.343 e. The van der Waals surface area contributed by atoms with Crippen LogP contribution in [0.1, 0.15) is 34.6 Å². The van der Waals surface area contributed by atoms with Crippen LogP contribution in [-0.4, -0.2) is 45.2 Å². The van der Waals surface area contributed by atoms with Crippen LogP contribution >= 0.6 is 0 Å². The molecule has 2 rings (SSSR count). The molecule has 30 heavy (non-hydrogen) atoms. The zero-order chi connectivity index (χ0) is 22.1. The second kappa shape index (κ2) is 10.8. The maximum atomic E-state index is 12.7. The monoisotopic (exact) mass is 414 g/mol. The summed E-state index contributed by atoms with van der Waals surface area (Å²) in [6, 6.07) is 11.3. The van der Waals surface area contributed by atoms with E-state index < -0.39 is 11.9 Å². The van der Waals surface area contributed by atoms with Gasteiger partial charge in [-0.05, 0) is 36.2 Å². The predicted molar refractivity (Wildman–Crippen MR) is 112 cm³/mol. The minimum atomic E-state index is -0.536. The number of nitrogens with one attached hydrogen (secondary N) is 2. The first-order chi connectivity index (χ1) is 14.3. The molecule has 8 heteroatoms. The molecule has 0 aliphatic heterocycles. The lowest BCUT2D eigenvalue weighted by molar-refractivity contribution is -0.142. The van der Waals surface area contributed by atoms with Crippen molar-refractivity contribution in [1.82, 2.24) is 5.32 Å². The van der Waals surface area contributed by atoms with E-state index in [9.17, 15) is 14.4 Å². The van der Waals surface area contributed by atoms with Crippen LogP contribution in [0.5, 0.6) is 11.5 Å². The van der Waals surface area contributed by atoms with E-state index in [0.717, 1.165) is 0 Å². The Labute approximate surface area is 175 Å². The molecule has 0 heterocycles. The first kappa shape index (κ1) is 22.7. The number of benzene rings is 2. The Bertz CT molecular complexity index is 910. The fraction of sp³-hybridized carbons (Fsp3) is 0.318. The Hall–Kier alpha value is -3.55. The van der Waals surface area contributed by atoms with Gasteiger partial charge in [-0.2, -0.15) is 0 Å². The number of anilines is 1. The second-order valence-corrected chi connectivity index (χ2v) is 6.83. The number of rotatable bonds is 9. The molecule has 0 aliphatic carbocycles. The molecule has 0 saturated heterocycles. The molecule has 0 bridgehead atoms. The van der Waals surface area contributed by atoms with Crippen LogP contribution in [0.15, 0.2) is 42.5 Å². The van der Waals surface area contributed by atoms with E-state index >= 15 is 0 Å². The van der Waals surface area contributed by atoms with Crippen LogP contribution in [0.2, 0.25) is 0 Å². The summed E-state index contributed by atoms with van der Waals surface area (Å²) in [5.41, 5.74) is 1.07. The van der Waals surface area contributed by atoms with Gasteiger partial charge in [-0.1, -0.05) is 26.0 Å². The molecule has 2 aromatic carbocycles. The van der Waals surface area contributed by atoms with Crippen LogP contribution in [0.3, 0.4) is 0 Å². The molecular formula is C22H26N2O6. The van der Waals surface area contributed by atoms with Gasteiger partial charge in [0.15, 0.2) is 18.1 Å². The van der Waals surface area contributed by atoms with Gasteiger partial charge in [0, 0.05) is 12.1 Å². The van der Waals surface area contributed by atoms with Crippen molar-refractivity contribution in [2.24, 2.45) is 5.92 Å². The molecule has 0 fully saturated rings. The number of hydrogen-bond donors (Lipinski definition) is 2. The molecule has 0 aliphatic rings. The van der Waals surface area contributed by atoms with E-state index in [1.54, 1.807) is 24.3 Å². The van der Waals surface area contributed by atoms with Gasteiger partial charge < -0.3 is 24.8 Å². The Kier molecular flexibility index (Phi) is 8.22. The number of esters is 1. The Balaban J connectivity index is 2.16. The fourth-order valence-electron chi connectivity index (χ4n) is 2.50. The van der Waals surface area contributed by atoms with Crippen LogP contribution in [0.25, 0.3) is 0 Å². The van der Waals surface area contributed by atoms with Gasteiger partial charge in [-0.3, -0.25) is 9.59 Å². The normalized spacial score (nSPS) is 10.3. The van der Waals surface area contributed by atoms with Crippen LogP contribution in [0, 0.1) is 5.92 Å². The largest absolute Gasteiger partial charge is 0.493 e. The molecule has 0 unspecified atom stereocenters. The Morgan fingerprint density at radius 2 is 1.70 bits per heavy atom. The third-order valence-corrected chi connectivity index (χ3v) is 4.09. The SMILES string of the molecule is COC(=O)COc1ccc(C(=O)Nc2ccccc2C(=O)NCC(C)C)cc1OC.